The van der Waals surface area contributed by atoms with E-state index < -0.39 is 0 Å². The summed E-state index contributed by atoms with van der Waals surface area (Å²) in [5, 5.41) is 28.5. The molecule has 3 aromatic rings. The molecule has 1 saturated heterocycles. The van der Waals surface area contributed by atoms with Gasteiger partial charge in [0.15, 0.2) is 9.99 Å². The highest BCUT2D eigenvalue weighted by Gasteiger charge is 2.16. The third-order valence-corrected chi connectivity index (χ3v) is 5.01. The molecule has 114 valence electrons. The van der Waals surface area contributed by atoms with Crippen molar-refractivity contribution in [2.75, 3.05) is 18.5 Å². The van der Waals surface area contributed by atoms with Crippen molar-refractivity contribution in [1.29, 1.82) is 0 Å². The minimum Gasteiger partial charge on any atom is -0.376 e. The molecule has 0 amide bonds. The highest BCUT2D eigenvalue weighted by molar-refractivity contribution is 8.01. The Bertz CT molecular complexity index is 768. The van der Waals surface area contributed by atoms with Crippen LogP contribution in [0, 0.1) is 0 Å². The van der Waals surface area contributed by atoms with Crippen molar-refractivity contribution >= 4 is 33.9 Å². The highest BCUT2D eigenvalue weighted by atomic mass is 32.2. The average Bonchev–Trinajstić information content (AvgIpc) is 3.27. The van der Waals surface area contributed by atoms with Gasteiger partial charge >= 0.3 is 0 Å². The maximum atomic E-state index is 5.57. The number of fused-ring (bicyclic) bond motifs is 1. The molecule has 4 heterocycles. The number of nitrogens with zero attached hydrogens (tertiary/aromatic N) is 7. The van der Waals surface area contributed by atoms with Crippen LogP contribution in [0.15, 0.2) is 21.5 Å². The molecular formula is C11H12N8OS2. The van der Waals surface area contributed by atoms with Gasteiger partial charge in [-0.15, -0.1) is 25.0 Å². The van der Waals surface area contributed by atoms with Gasteiger partial charge in [-0.3, -0.25) is 0 Å². The number of tetrazole rings is 1. The van der Waals surface area contributed by atoms with Gasteiger partial charge in [0, 0.05) is 13.2 Å². The molecule has 4 rings (SSSR count). The van der Waals surface area contributed by atoms with Crippen LogP contribution in [-0.4, -0.2) is 54.7 Å². The van der Waals surface area contributed by atoms with Crippen molar-refractivity contribution in [3.05, 3.63) is 12.1 Å². The number of rotatable bonds is 5. The van der Waals surface area contributed by atoms with E-state index in [2.05, 4.69) is 36.1 Å². The Kier molecular flexibility index (Phi) is 3.83. The summed E-state index contributed by atoms with van der Waals surface area (Å²) in [6.07, 6.45) is 2.52. The van der Waals surface area contributed by atoms with E-state index in [9.17, 15) is 0 Å². The Morgan fingerprint density at radius 2 is 2.36 bits per heavy atom. The molecule has 1 aliphatic heterocycles. The van der Waals surface area contributed by atoms with Crippen molar-refractivity contribution < 1.29 is 4.74 Å². The van der Waals surface area contributed by atoms with Crippen LogP contribution in [0.5, 0.6) is 0 Å². The largest absolute Gasteiger partial charge is 0.376 e. The predicted molar refractivity (Wildman–Crippen MR) is 80.1 cm³/mol. The van der Waals surface area contributed by atoms with Crippen molar-refractivity contribution in [3.63, 3.8) is 0 Å². The zero-order chi connectivity index (χ0) is 14.8. The molecule has 0 unspecified atom stereocenters. The number of nitrogens with one attached hydrogen (secondary N) is 1. The summed E-state index contributed by atoms with van der Waals surface area (Å²) < 4.78 is 7.77. The second kappa shape index (κ2) is 6.10. The molecule has 0 bridgehead atoms. The molecule has 11 heteroatoms. The van der Waals surface area contributed by atoms with E-state index >= 15 is 0 Å². The van der Waals surface area contributed by atoms with Gasteiger partial charge in [-0.2, -0.15) is 0 Å². The summed E-state index contributed by atoms with van der Waals surface area (Å²) in [6.45, 7) is 1.63. The first kappa shape index (κ1) is 13.8. The van der Waals surface area contributed by atoms with Crippen molar-refractivity contribution in [1.82, 2.24) is 35.5 Å². The Labute approximate surface area is 133 Å². The van der Waals surface area contributed by atoms with Gasteiger partial charge in [0.1, 0.15) is 5.03 Å². The van der Waals surface area contributed by atoms with Crippen LogP contribution in [0.1, 0.15) is 12.8 Å². The average molecular weight is 336 g/mol. The summed E-state index contributed by atoms with van der Waals surface area (Å²) >= 11 is 2.92. The Morgan fingerprint density at radius 1 is 1.36 bits per heavy atom. The molecule has 1 N–H and O–H groups in total. The molecule has 1 atom stereocenters. The van der Waals surface area contributed by atoms with E-state index in [1.165, 1.54) is 27.7 Å². The maximum Gasteiger partial charge on any atom is 0.206 e. The van der Waals surface area contributed by atoms with Gasteiger partial charge < -0.3 is 10.1 Å². The van der Waals surface area contributed by atoms with E-state index in [4.69, 9.17) is 4.74 Å². The lowest BCUT2D eigenvalue weighted by Gasteiger charge is -2.08. The zero-order valence-electron chi connectivity index (χ0n) is 11.4. The fourth-order valence-electron chi connectivity index (χ4n) is 2.11. The van der Waals surface area contributed by atoms with Crippen molar-refractivity contribution in [3.8, 4) is 0 Å². The molecule has 0 saturated carbocycles. The first-order chi connectivity index (χ1) is 10.9. The van der Waals surface area contributed by atoms with Crippen LogP contribution in [0.4, 0.5) is 5.13 Å². The number of ether oxygens (including phenoxy) is 1. The highest BCUT2D eigenvalue weighted by Crippen LogP contribution is 2.30. The van der Waals surface area contributed by atoms with Crippen LogP contribution in [0.2, 0.25) is 0 Å². The van der Waals surface area contributed by atoms with Crippen molar-refractivity contribution in [2.24, 2.45) is 0 Å². The summed E-state index contributed by atoms with van der Waals surface area (Å²) in [7, 11) is 0. The van der Waals surface area contributed by atoms with Gasteiger partial charge in [-0.05, 0) is 47.2 Å². The normalized spacial score (nSPS) is 18.1. The topological polar surface area (TPSA) is 103 Å². The lowest BCUT2D eigenvalue weighted by atomic mass is 10.2. The van der Waals surface area contributed by atoms with Gasteiger partial charge in [-0.25, -0.2) is 0 Å². The Balaban J connectivity index is 1.40. The van der Waals surface area contributed by atoms with Crippen molar-refractivity contribution in [2.45, 2.75) is 28.3 Å². The fraction of sp³-hybridized carbons (Fsp3) is 0.455. The third-order valence-electron chi connectivity index (χ3n) is 3.15. The molecule has 3 aromatic heterocycles. The molecule has 0 spiro atoms. The lowest BCUT2D eigenvalue weighted by molar-refractivity contribution is 0.120. The van der Waals surface area contributed by atoms with E-state index in [1.807, 2.05) is 12.1 Å². The summed E-state index contributed by atoms with van der Waals surface area (Å²) in [6, 6.07) is 3.67. The van der Waals surface area contributed by atoms with Crippen LogP contribution >= 0.6 is 23.1 Å². The van der Waals surface area contributed by atoms with E-state index in [0.717, 1.165) is 40.5 Å². The standard InChI is InChI=1S/C11H12N8OS2/c1-2-7(20-5-1)6-12-10-14-15-11(22-10)21-9-4-3-8-13-17-18-19(8)16-9/h3-4,7H,1-2,5-6H2,(H,12,14)/t7-/m0/s1. The minimum atomic E-state index is 0.281. The third kappa shape index (κ3) is 3.00. The maximum absolute atomic E-state index is 5.57. The van der Waals surface area contributed by atoms with Crippen LogP contribution in [0.25, 0.3) is 5.65 Å². The molecular weight excluding hydrogens is 324 g/mol. The second-order valence-corrected chi connectivity index (χ2v) is 6.93. The van der Waals surface area contributed by atoms with E-state index in [-0.39, 0.29) is 6.10 Å². The quantitative estimate of drug-likeness (QED) is 0.733. The molecule has 0 radical (unpaired) electrons. The number of hydrogen-bond donors (Lipinski definition) is 1. The van der Waals surface area contributed by atoms with Gasteiger partial charge in [0.2, 0.25) is 5.13 Å². The Hall–Kier alpha value is -1.85. The van der Waals surface area contributed by atoms with E-state index in [0.29, 0.717) is 5.65 Å². The number of anilines is 1. The first-order valence-electron chi connectivity index (χ1n) is 6.79. The molecule has 22 heavy (non-hydrogen) atoms. The first-order valence-corrected chi connectivity index (χ1v) is 8.42. The molecule has 1 fully saturated rings. The molecule has 0 aromatic carbocycles. The summed E-state index contributed by atoms with van der Waals surface area (Å²) in [4.78, 5) is 0. The fourth-order valence-corrected chi connectivity index (χ4v) is 3.76. The predicted octanol–water partition coefficient (Wildman–Crippen LogP) is 1.11. The van der Waals surface area contributed by atoms with Crippen LogP contribution in [0.3, 0.4) is 0 Å². The smallest absolute Gasteiger partial charge is 0.206 e. The van der Waals surface area contributed by atoms with Crippen LogP contribution < -0.4 is 5.32 Å². The second-order valence-electron chi connectivity index (χ2n) is 4.69. The minimum absolute atomic E-state index is 0.281. The monoisotopic (exact) mass is 336 g/mol. The summed E-state index contributed by atoms with van der Waals surface area (Å²) in [5.74, 6) is 0. The zero-order valence-corrected chi connectivity index (χ0v) is 13.0. The molecule has 0 aliphatic carbocycles. The van der Waals surface area contributed by atoms with Crippen LogP contribution in [-0.2, 0) is 4.74 Å². The van der Waals surface area contributed by atoms with E-state index in [1.54, 1.807) is 0 Å². The SMILES string of the molecule is c1cc2nnnn2nc1Sc1nnc(NC[C@@H]2CCCO2)s1. The lowest BCUT2D eigenvalue weighted by Crippen LogP contribution is -2.18. The van der Waals surface area contributed by atoms with Gasteiger partial charge in [0.25, 0.3) is 0 Å². The Morgan fingerprint density at radius 3 is 3.27 bits per heavy atom. The number of hydrogen-bond acceptors (Lipinski definition) is 10. The van der Waals surface area contributed by atoms with Gasteiger partial charge in [0.05, 0.1) is 6.10 Å². The molecule has 9 nitrogen and oxygen atoms in total. The number of aromatic nitrogens is 7. The molecule has 1 aliphatic rings. The summed E-state index contributed by atoms with van der Waals surface area (Å²) in [5.41, 5.74) is 0.612. The van der Waals surface area contributed by atoms with Gasteiger partial charge in [-0.1, -0.05) is 11.3 Å².